The van der Waals surface area contributed by atoms with Crippen molar-refractivity contribution in [2.45, 2.75) is 51.2 Å². The molecule has 0 saturated carbocycles. The van der Waals surface area contributed by atoms with E-state index in [-0.39, 0.29) is 23.5 Å². The van der Waals surface area contributed by atoms with Crippen LogP contribution in [0.1, 0.15) is 61.2 Å². The van der Waals surface area contributed by atoms with Gasteiger partial charge in [-0.05, 0) is 29.9 Å². The minimum Gasteiger partial charge on any atom is -0.371 e. The van der Waals surface area contributed by atoms with Gasteiger partial charge in [0.05, 0.1) is 12.2 Å². The Morgan fingerprint density at radius 2 is 2.16 bits per heavy atom. The molecule has 2 aromatic rings. The maximum Gasteiger partial charge on any atom is 0.251 e. The minimum atomic E-state index is -0.135. The van der Waals surface area contributed by atoms with Crippen LogP contribution in [-0.4, -0.2) is 28.3 Å². The molecule has 25 heavy (non-hydrogen) atoms. The van der Waals surface area contributed by atoms with E-state index >= 15 is 0 Å². The van der Waals surface area contributed by atoms with Crippen LogP contribution >= 0.6 is 0 Å². The van der Waals surface area contributed by atoms with E-state index in [9.17, 15) is 4.79 Å². The molecule has 134 valence electrons. The van der Waals surface area contributed by atoms with Gasteiger partial charge in [-0.25, -0.2) is 0 Å². The van der Waals surface area contributed by atoms with Crippen molar-refractivity contribution in [2.75, 3.05) is 6.61 Å². The molecule has 0 spiro atoms. The highest BCUT2D eigenvalue weighted by Crippen LogP contribution is 2.31. The minimum absolute atomic E-state index is 0.0264. The number of ether oxygens (including phenoxy) is 1. The molecule has 1 aromatic carbocycles. The van der Waals surface area contributed by atoms with Gasteiger partial charge in [0, 0.05) is 31.0 Å². The summed E-state index contributed by atoms with van der Waals surface area (Å²) in [5.74, 6) is -0.0264. The first-order valence-electron chi connectivity index (χ1n) is 8.93. The van der Waals surface area contributed by atoms with Crippen molar-refractivity contribution in [1.82, 2.24) is 15.1 Å². The van der Waals surface area contributed by atoms with Crippen LogP contribution in [-0.2, 0) is 17.2 Å². The summed E-state index contributed by atoms with van der Waals surface area (Å²) in [5, 5.41) is 7.40. The zero-order chi connectivity index (χ0) is 18.0. The van der Waals surface area contributed by atoms with Crippen LogP contribution in [0.4, 0.5) is 0 Å². The fourth-order valence-corrected chi connectivity index (χ4v) is 3.36. The quantitative estimate of drug-likeness (QED) is 0.907. The van der Waals surface area contributed by atoms with Crippen LogP contribution in [0.25, 0.3) is 0 Å². The standard InChI is InChI=1S/C20H27N3O2/c1-5-20(2,3)16-9-7-6-8-15(16)19(24)22-17-10-11-25-18(17)14-12-21-23(4)13-14/h6-9,12-13,17-18H,5,10-11H2,1-4H3,(H,22,24)/t17-,18+/m1/s1. The van der Waals surface area contributed by atoms with E-state index in [1.165, 1.54) is 0 Å². The van der Waals surface area contributed by atoms with Crippen LogP contribution in [0.15, 0.2) is 36.7 Å². The highest BCUT2D eigenvalue weighted by atomic mass is 16.5. The van der Waals surface area contributed by atoms with Crippen molar-refractivity contribution in [1.29, 1.82) is 0 Å². The number of aromatic nitrogens is 2. The molecule has 0 aliphatic carbocycles. The first kappa shape index (κ1) is 17.7. The second-order valence-electron chi connectivity index (χ2n) is 7.39. The molecule has 1 N–H and O–H groups in total. The van der Waals surface area contributed by atoms with Crippen molar-refractivity contribution in [3.63, 3.8) is 0 Å². The molecule has 0 bridgehead atoms. The van der Waals surface area contributed by atoms with Gasteiger partial charge in [-0.1, -0.05) is 39.0 Å². The molecule has 0 unspecified atom stereocenters. The van der Waals surface area contributed by atoms with Gasteiger partial charge < -0.3 is 10.1 Å². The lowest BCUT2D eigenvalue weighted by Gasteiger charge is -2.27. The van der Waals surface area contributed by atoms with E-state index in [4.69, 9.17) is 4.74 Å². The van der Waals surface area contributed by atoms with Crippen LogP contribution in [0.5, 0.6) is 0 Å². The predicted molar refractivity (Wildman–Crippen MR) is 97.5 cm³/mol. The summed E-state index contributed by atoms with van der Waals surface area (Å²) in [6.07, 6.45) is 5.41. The molecule has 0 radical (unpaired) electrons. The van der Waals surface area contributed by atoms with Crippen molar-refractivity contribution in [3.05, 3.63) is 53.3 Å². The molecule has 2 heterocycles. The van der Waals surface area contributed by atoms with Crippen LogP contribution < -0.4 is 5.32 Å². The number of aryl methyl sites for hydroxylation is 1. The van der Waals surface area contributed by atoms with Gasteiger partial charge >= 0.3 is 0 Å². The summed E-state index contributed by atoms with van der Waals surface area (Å²) in [4.78, 5) is 13.0. The molecule has 1 amide bonds. The van der Waals surface area contributed by atoms with E-state index in [1.54, 1.807) is 4.68 Å². The number of carbonyl (C=O) groups excluding carboxylic acids is 1. The number of rotatable bonds is 5. The van der Waals surface area contributed by atoms with E-state index in [0.717, 1.165) is 29.5 Å². The second kappa shape index (κ2) is 7.00. The Labute approximate surface area is 149 Å². The summed E-state index contributed by atoms with van der Waals surface area (Å²) < 4.78 is 7.61. The van der Waals surface area contributed by atoms with E-state index in [2.05, 4.69) is 37.3 Å². The third-order valence-corrected chi connectivity index (χ3v) is 5.25. The molecule has 1 saturated heterocycles. The van der Waals surface area contributed by atoms with Crippen LogP contribution in [0.2, 0.25) is 0 Å². The molecule has 5 heteroatoms. The summed E-state index contributed by atoms with van der Waals surface area (Å²) in [7, 11) is 1.88. The predicted octanol–water partition coefficient (Wildman–Crippen LogP) is 3.37. The number of hydrogen-bond acceptors (Lipinski definition) is 3. The number of nitrogens with zero attached hydrogens (tertiary/aromatic N) is 2. The van der Waals surface area contributed by atoms with Crippen molar-refractivity contribution >= 4 is 5.91 Å². The SMILES string of the molecule is CCC(C)(C)c1ccccc1C(=O)N[C@@H]1CCO[C@H]1c1cnn(C)c1. The molecular weight excluding hydrogens is 314 g/mol. The van der Waals surface area contributed by atoms with Crippen LogP contribution in [0, 0.1) is 0 Å². The first-order chi connectivity index (χ1) is 11.9. The highest BCUT2D eigenvalue weighted by molar-refractivity contribution is 5.96. The lowest BCUT2D eigenvalue weighted by Crippen LogP contribution is -2.38. The summed E-state index contributed by atoms with van der Waals surface area (Å²) in [6.45, 7) is 7.15. The number of nitrogens with one attached hydrogen (secondary N) is 1. The summed E-state index contributed by atoms with van der Waals surface area (Å²) in [6, 6.07) is 7.86. The lowest BCUT2D eigenvalue weighted by molar-refractivity contribution is 0.0819. The molecule has 1 aromatic heterocycles. The molecule has 1 aliphatic rings. The van der Waals surface area contributed by atoms with Crippen LogP contribution in [0.3, 0.4) is 0 Å². The largest absolute Gasteiger partial charge is 0.371 e. The number of benzene rings is 1. The molecule has 3 rings (SSSR count). The van der Waals surface area contributed by atoms with E-state index < -0.39 is 0 Å². The monoisotopic (exact) mass is 341 g/mol. The zero-order valence-electron chi connectivity index (χ0n) is 15.5. The molecule has 1 aliphatic heterocycles. The maximum atomic E-state index is 13.0. The van der Waals surface area contributed by atoms with E-state index in [1.807, 2.05) is 37.6 Å². The topological polar surface area (TPSA) is 56.1 Å². The van der Waals surface area contributed by atoms with Gasteiger partial charge in [-0.15, -0.1) is 0 Å². The fraction of sp³-hybridized carbons (Fsp3) is 0.500. The Morgan fingerprint density at radius 1 is 1.40 bits per heavy atom. The third kappa shape index (κ3) is 3.61. The number of carbonyl (C=O) groups is 1. The van der Waals surface area contributed by atoms with Gasteiger partial charge in [0.25, 0.3) is 5.91 Å². The van der Waals surface area contributed by atoms with Crippen molar-refractivity contribution < 1.29 is 9.53 Å². The number of hydrogen-bond donors (Lipinski definition) is 1. The lowest BCUT2D eigenvalue weighted by atomic mass is 9.79. The van der Waals surface area contributed by atoms with Gasteiger partial charge in [0.1, 0.15) is 6.10 Å². The summed E-state index contributed by atoms with van der Waals surface area (Å²) >= 11 is 0. The Kier molecular flexibility index (Phi) is 4.95. The average Bonchev–Trinajstić information content (AvgIpc) is 3.23. The number of amides is 1. The van der Waals surface area contributed by atoms with Crippen molar-refractivity contribution in [3.8, 4) is 0 Å². The second-order valence-corrected chi connectivity index (χ2v) is 7.39. The molecule has 2 atom stereocenters. The van der Waals surface area contributed by atoms with Crippen molar-refractivity contribution in [2.24, 2.45) is 7.05 Å². The Bertz CT molecular complexity index is 751. The van der Waals surface area contributed by atoms with Gasteiger partial charge in [0.15, 0.2) is 0 Å². The fourth-order valence-electron chi connectivity index (χ4n) is 3.36. The Morgan fingerprint density at radius 3 is 2.84 bits per heavy atom. The first-order valence-corrected chi connectivity index (χ1v) is 8.93. The maximum absolute atomic E-state index is 13.0. The Balaban J connectivity index is 1.81. The van der Waals surface area contributed by atoms with Gasteiger partial charge in [0.2, 0.25) is 0 Å². The summed E-state index contributed by atoms with van der Waals surface area (Å²) in [5.41, 5.74) is 2.81. The highest BCUT2D eigenvalue weighted by Gasteiger charge is 2.33. The average molecular weight is 341 g/mol. The normalized spacial score (nSPS) is 20.6. The smallest absolute Gasteiger partial charge is 0.251 e. The molecular formula is C20H27N3O2. The molecule has 1 fully saturated rings. The van der Waals surface area contributed by atoms with Gasteiger partial charge in [-0.3, -0.25) is 9.48 Å². The Hall–Kier alpha value is -2.14. The molecule has 5 nitrogen and oxygen atoms in total. The van der Waals surface area contributed by atoms with Gasteiger partial charge in [-0.2, -0.15) is 5.10 Å². The van der Waals surface area contributed by atoms with E-state index in [0.29, 0.717) is 6.61 Å². The zero-order valence-corrected chi connectivity index (χ0v) is 15.5. The third-order valence-electron chi connectivity index (χ3n) is 5.25.